The van der Waals surface area contributed by atoms with Gasteiger partial charge in [-0.05, 0) is 56.1 Å². The highest BCUT2D eigenvalue weighted by Crippen LogP contribution is 2.12. The Balaban J connectivity index is 2.52. The van der Waals surface area contributed by atoms with Gasteiger partial charge in [0.1, 0.15) is 48.3 Å². The summed E-state index contributed by atoms with van der Waals surface area (Å²) in [6, 6.07) is 5.14. The molecule has 0 spiro atoms. The van der Waals surface area contributed by atoms with Crippen molar-refractivity contribution in [3.05, 3.63) is 71.8 Å². The first kappa shape index (κ1) is 63.7. The molecule has 0 saturated carbocycles. The van der Waals surface area contributed by atoms with Crippen LogP contribution in [0.2, 0.25) is 0 Å². The number of aliphatic hydroxyl groups is 1. The summed E-state index contributed by atoms with van der Waals surface area (Å²) in [6.45, 7) is 4.77. The molecule has 0 aliphatic carbocycles. The molecule has 0 radical (unpaired) electrons. The van der Waals surface area contributed by atoms with E-state index < -0.39 is 126 Å². The quantitative estimate of drug-likeness (QED) is 0.0176. The van der Waals surface area contributed by atoms with Crippen molar-refractivity contribution >= 4 is 71.0 Å². The second-order valence-electron chi connectivity index (χ2n) is 18.3. The first-order valence-corrected chi connectivity index (χ1v) is 24.4. The minimum atomic E-state index is -1.81. The van der Waals surface area contributed by atoms with Crippen LogP contribution in [0, 0.1) is 5.92 Å². The van der Waals surface area contributed by atoms with Gasteiger partial charge in [-0.2, -0.15) is 0 Å². The third kappa shape index (κ3) is 24.5. The van der Waals surface area contributed by atoms with Gasteiger partial charge in [0, 0.05) is 25.9 Å². The number of carbonyl (C=O) groups is 10. The number of nitrogens with one attached hydrogen (secondary N) is 7. The predicted octanol–water partition coefficient (Wildman–Crippen LogP) is -6.04. The molecule has 24 N–H and O–H groups in total. The van der Waals surface area contributed by atoms with Crippen LogP contribution in [0.15, 0.2) is 70.6 Å². The maximum Gasteiger partial charge on any atom is 0.243 e. The number of nitrogens with zero attached hydrogens (tertiary/aromatic N) is 2. The normalized spacial score (nSPS) is 14.4. The molecule has 0 saturated heterocycles. The Labute approximate surface area is 439 Å². The van der Waals surface area contributed by atoms with E-state index in [9.17, 15) is 53.1 Å². The number of hydrogen-bond acceptors (Lipinski definition) is 14. The first-order valence-electron chi connectivity index (χ1n) is 24.4. The molecule has 0 aliphatic heterocycles. The summed E-state index contributed by atoms with van der Waals surface area (Å²) in [5.41, 5.74) is 45.3. The van der Waals surface area contributed by atoms with Crippen LogP contribution in [-0.2, 0) is 60.8 Å². The standard InChI is InChI=1S/C48H75N17O11/c1-25(2)20-32(42(72)59-29(16-10-18-57-47(53)54)40(70)61-31(39(52)69)21-27-12-6-4-7-13-27)62-43(73)33(22-28-14-8-5-9-15-28)63-45(75)34(23-36(49)67)64-41(71)30(17-11-19-58-48(55)56)60-44(74)35(24-37(50)68)65-46(76)38(51)26(3)66/h4-9,12-15,25-26,29-35,38,66H,10-11,16-24,51H2,1-3H3,(H2,49,67)(H2,50,68)(H2,52,69)(H,59,72)(H,60,74)(H,61,70)(H,62,73)(H,63,75)(H,64,71)(H,65,76)(H4,53,54,57)(H4,55,56,58)/t26?,29-,30-,31-,32-,33-,34-,35-,38-/m0/s1. The third-order valence-corrected chi connectivity index (χ3v) is 11.3. The zero-order valence-corrected chi connectivity index (χ0v) is 42.9. The molecular formula is C48H75N17O11. The Morgan fingerprint density at radius 1 is 0.461 bits per heavy atom. The van der Waals surface area contributed by atoms with Gasteiger partial charge in [0.25, 0.3) is 0 Å². The summed E-state index contributed by atoms with van der Waals surface area (Å²) >= 11 is 0. The zero-order valence-electron chi connectivity index (χ0n) is 42.9. The van der Waals surface area contributed by atoms with Crippen LogP contribution in [0.4, 0.5) is 0 Å². The molecule has 9 atom stereocenters. The maximum atomic E-state index is 14.4. The van der Waals surface area contributed by atoms with E-state index in [2.05, 4.69) is 47.2 Å². The number of carbonyl (C=O) groups excluding carboxylic acids is 10. The average Bonchev–Trinajstić information content (AvgIpc) is 3.34. The zero-order chi connectivity index (χ0) is 57.1. The lowest BCUT2D eigenvalue weighted by Gasteiger charge is -2.28. The number of aliphatic hydroxyl groups excluding tert-OH is 1. The number of guanidine groups is 2. The molecule has 0 bridgehead atoms. The van der Waals surface area contributed by atoms with Gasteiger partial charge in [-0.3, -0.25) is 57.9 Å². The van der Waals surface area contributed by atoms with Crippen molar-refractivity contribution in [3.8, 4) is 0 Å². The second kappa shape index (κ2) is 32.7. The molecule has 0 aromatic heterocycles. The number of nitrogens with two attached hydrogens (primary N) is 8. The highest BCUT2D eigenvalue weighted by molar-refractivity contribution is 5.99. The van der Waals surface area contributed by atoms with Crippen molar-refractivity contribution in [1.82, 2.24) is 37.2 Å². The molecular weight excluding hydrogens is 991 g/mol. The molecule has 0 heterocycles. The van der Waals surface area contributed by atoms with Gasteiger partial charge in [-0.15, -0.1) is 0 Å². The molecule has 2 aromatic carbocycles. The largest absolute Gasteiger partial charge is 0.391 e. The van der Waals surface area contributed by atoms with E-state index in [0.717, 1.165) is 0 Å². The molecule has 10 amide bonds. The van der Waals surface area contributed by atoms with Crippen molar-refractivity contribution in [2.75, 3.05) is 13.1 Å². The minimum absolute atomic E-state index is 0.0117. The van der Waals surface area contributed by atoms with Gasteiger partial charge in [0.05, 0.1) is 18.9 Å². The van der Waals surface area contributed by atoms with Crippen LogP contribution in [0.1, 0.15) is 76.8 Å². The molecule has 0 fully saturated rings. The fourth-order valence-corrected chi connectivity index (χ4v) is 7.32. The Hall–Kier alpha value is -8.40. The van der Waals surface area contributed by atoms with E-state index in [1.165, 1.54) is 6.92 Å². The fourth-order valence-electron chi connectivity index (χ4n) is 7.32. The van der Waals surface area contributed by atoms with E-state index in [1.54, 1.807) is 74.5 Å². The van der Waals surface area contributed by atoms with E-state index in [1.807, 2.05) is 0 Å². The average molecular weight is 1070 g/mol. The molecule has 2 aromatic rings. The summed E-state index contributed by atoms with van der Waals surface area (Å²) < 4.78 is 0. The van der Waals surface area contributed by atoms with Gasteiger partial charge >= 0.3 is 0 Å². The summed E-state index contributed by atoms with van der Waals surface area (Å²) in [7, 11) is 0. The lowest BCUT2D eigenvalue weighted by molar-refractivity contribution is -0.137. The van der Waals surface area contributed by atoms with Crippen LogP contribution >= 0.6 is 0 Å². The number of rotatable bonds is 34. The number of benzene rings is 2. The Morgan fingerprint density at radius 3 is 1.17 bits per heavy atom. The summed E-state index contributed by atoms with van der Waals surface area (Å²) in [5.74, 6) is -10.5. The van der Waals surface area contributed by atoms with Crippen LogP contribution in [0.25, 0.3) is 0 Å². The van der Waals surface area contributed by atoms with E-state index in [-0.39, 0.29) is 75.9 Å². The monoisotopic (exact) mass is 1070 g/mol. The lowest BCUT2D eigenvalue weighted by atomic mass is 9.99. The lowest BCUT2D eigenvalue weighted by Crippen LogP contribution is -2.61. The minimum Gasteiger partial charge on any atom is -0.391 e. The molecule has 0 aliphatic rings. The topological polar surface area (TPSA) is 508 Å². The fraction of sp³-hybridized carbons (Fsp3) is 0.500. The van der Waals surface area contributed by atoms with Crippen molar-refractivity contribution in [3.63, 3.8) is 0 Å². The number of amides is 10. The highest BCUT2D eigenvalue weighted by Gasteiger charge is 2.36. The Kier molecular flexibility index (Phi) is 27.4. The SMILES string of the molecule is CC(C)C[C@H](NC(=O)[C@H](Cc1ccccc1)NC(=O)[C@H](CC(N)=O)NC(=O)[C@H](CCCN=C(N)N)NC(=O)[C@H](CC(N)=O)NC(=O)[C@@H](N)C(C)O)C(=O)N[C@@H](CCCN=C(N)N)C(=O)N[C@@H](Cc1ccccc1)C(N)=O. The molecule has 2 rings (SSSR count). The molecule has 28 heteroatoms. The molecule has 28 nitrogen and oxygen atoms in total. The van der Waals surface area contributed by atoms with Crippen LogP contribution < -0.4 is 83.1 Å². The van der Waals surface area contributed by atoms with Crippen LogP contribution in [0.5, 0.6) is 0 Å². The van der Waals surface area contributed by atoms with Crippen molar-refractivity contribution in [1.29, 1.82) is 0 Å². The molecule has 418 valence electrons. The van der Waals surface area contributed by atoms with Gasteiger partial charge in [0.15, 0.2) is 11.9 Å². The number of primary amides is 3. The third-order valence-electron chi connectivity index (χ3n) is 11.3. The van der Waals surface area contributed by atoms with Crippen molar-refractivity contribution in [2.24, 2.45) is 61.8 Å². The molecule has 1 unspecified atom stereocenters. The van der Waals surface area contributed by atoms with Gasteiger partial charge in [-0.1, -0.05) is 74.5 Å². The number of hydrogen-bond donors (Lipinski definition) is 16. The van der Waals surface area contributed by atoms with E-state index >= 15 is 0 Å². The number of aliphatic imine (C=N–C) groups is 2. The summed E-state index contributed by atoms with van der Waals surface area (Å²) in [4.78, 5) is 142. The van der Waals surface area contributed by atoms with Crippen LogP contribution in [0.3, 0.4) is 0 Å². The van der Waals surface area contributed by atoms with Gasteiger partial charge in [-0.25, -0.2) is 0 Å². The Morgan fingerprint density at radius 2 is 0.789 bits per heavy atom. The second-order valence-corrected chi connectivity index (χ2v) is 18.3. The summed E-state index contributed by atoms with van der Waals surface area (Å²) in [6.07, 6.45) is -3.18. The van der Waals surface area contributed by atoms with Crippen LogP contribution in [-0.4, -0.2) is 144 Å². The van der Waals surface area contributed by atoms with Gasteiger partial charge in [0.2, 0.25) is 59.1 Å². The highest BCUT2D eigenvalue weighted by atomic mass is 16.3. The van der Waals surface area contributed by atoms with Crippen molar-refractivity contribution < 1.29 is 53.1 Å². The van der Waals surface area contributed by atoms with Gasteiger partial charge < -0.3 is 88.2 Å². The smallest absolute Gasteiger partial charge is 0.243 e. The van der Waals surface area contributed by atoms with E-state index in [4.69, 9.17) is 45.9 Å². The van der Waals surface area contributed by atoms with E-state index in [0.29, 0.717) is 11.1 Å². The predicted molar refractivity (Wildman–Crippen MR) is 280 cm³/mol. The Bertz CT molecular complexity index is 2350. The summed E-state index contributed by atoms with van der Waals surface area (Å²) in [5, 5.41) is 27.3. The first-order chi connectivity index (χ1) is 35.8. The van der Waals surface area contributed by atoms with Crippen molar-refractivity contribution in [2.45, 2.75) is 133 Å². The molecule has 76 heavy (non-hydrogen) atoms. The maximum absolute atomic E-state index is 14.4.